The van der Waals surface area contributed by atoms with E-state index in [0.717, 1.165) is 41.2 Å². The second kappa shape index (κ2) is 8.01. The van der Waals surface area contributed by atoms with Crippen LogP contribution < -0.4 is 14.8 Å². The predicted octanol–water partition coefficient (Wildman–Crippen LogP) is 3.04. The number of methoxy groups -OCH3 is 2. The van der Waals surface area contributed by atoms with Crippen molar-refractivity contribution in [2.24, 2.45) is 0 Å². The van der Waals surface area contributed by atoms with Crippen molar-refractivity contribution >= 4 is 15.9 Å². The zero-order valence-electron chi connectivity index (χ0n) is 13.1. The van der Waals surface area contributed by atoms with Crippen LogP contribution in [0.3, 0.4) is 0 Å². The van der Waals surface area contributed by atoms with Crippen molar-refractivity contribution in [3.63, 3.8) is 0 Å². The molecule has 1 aliphatic heterocycles. The molecule has 1 heterocycles. The lowest BCUT2D eigenvalue weighted by molar-refractivity contribution is 0.259. The maximum absolute atomic E-state index is 5.49. The molecule has 0 aliphatic carbocycles. The van der Waals surface area contributed by atoms with Gasteiger partial charge in [-0.2, -0.15) is 0 Å². The van der Waals surface area contributed by atoms with Crippen molar-refractivity contribution in [3.05, 3.63) is 22.2 Å². The van der Waals surface area contributed by atoms with Crippen LogP contribution in [0.1, 0.15) is 25.3 Å². The third-order valence-corrected chi connectivity index (χ3v) is 4.58. The molecule has 21 heavy (non-hydrogen) atoms. The molecule has 0 bridgehead atoms. The Hall–Kier alpha value is -0.780. The summed E-state index contributed by atoms with van der Waals surface area (Å²) in [6.45, 7) is 6.41. The van der Waals surface area contributed by atoms with Crippen LogP contribution in [0.5, 0.6) is 11.5 Å². The normalized spacial score (nSPS) is 19.0. The molecular weight excluding hydrogens is 332 g/mol. The molecule has 1 atom stereocenters. The third kappa shape index (κ3) is 4.11. The van der Waals surface area contributed by atoms with E-state index in [2.05, 4.69) is 39.1 Å². The summed E-state index contributed by atoms with van der Waals surface area (Å²) in [7, 11) is 3.35. The fourth-order valence-electron chi connectivity index (χ4n) is 3.05. The molecule has 1 aromatic carbocycles. The summed E-state index contributed by atoms with van der Waals surface area (Å²) in [5.41, 5.74) is 1.12. The van der Waals surface area contributed by atoms with Gasteiger partial charge in [0.25, 0.3) is 0 Å². The van der Waals surface area contributed by atoms with E-state index < -0.39 is 0 Å². The molecule has 118 valence electrons. The summed E-state index contributed by atoms with van der Waals surface area (Å²) in [4.78, 5) is 2.55. The van der Waals surface area contributed by atoms with Gasteiger partial charge < -0.3 is 14.8 Å². The van der Waals surface area contributed by atoms with E-state index in [0.29, 0.717) is 6.04 Å². The number of likely N-dealkylation sites (tertiary alicyclic amines) is 1. The van der Waals surface area contributed by atoms with Crippen molar-refractivity contribution in [1.29, 1.82) is 0 Å². The van der Waals surface area contributed by atoms with Crippen LogP contribution in [-0.2, 0) is 6.54 Å². The van der Waals surface area contributed by atoms with Crippen LogP contribution in [0, 0.1) is 0 Å². The molecule has 1 aliphatic rings. The minimum atomic E-state index is 0.662. The van der Waals surface area contributed by atoms with Crippen LogP contribution in [0.15, 0.2) is 16.6 Å². The van der Waals surface area contributed by atoms with Crippen LogP contribution in [0.4, 0.5) is 0 Å². The molecule has 1 saturated heterocycles. The van der Waals surface area contributed by atoms with Crippen molar-refractivity contribution in [2.75, 3.05) is 33.9 Å². The SMILES string of the molecule is CCN1CCCC1CNCc1cc(Br)cc(OC)c1OC. The molecule has 0 amide bonds. The Kier molecular flexibility index (Phi) is 6.33. The summed E-state index contributed by atoms with van der Waals surface area (Å²) < 4.78 is 11.9. The smallest absolute Gasteiger partial charge is 0.165 e. The van der Waals surface area contributed by atoms with E-state index in [1.807, 2.05) is 6.07 Å². The molecule has 2 rings (SSSR count). The lowest BCUT2D eigenvalue weighted by Gasteiger charge is -2.23. The summed E-state index contributed by atoms with van der Waals surface area (Å²) in [6.07, 6.45) is 2.61. The summed E-state index contributed by atoms with van der Waals surface area (Å²) >= 11 is 3.52. The number of ether oxygens (including phenoxy) is 2. The van der Waals surface area contributed by atoms with Crippen LogP contribution >= 0.6 is 15.9 Å². The highest BCUT2D eigenvalue weighted by molar-refractivity contribution is 9.10. The highest BCUT2D eigenvalue weighted by atomic mass is 79.9. The Balaban J connectivity index is 1.98. The van der Waals surface area contributed by atoms with Crippen molar-refractivity contribution in [3.8, 4) is 11.5 Å². The number of benzene rings is 1. The topological polar surface area (TPSA) is 33.7 Å². The first kappa shape index (κ1) is 16.6. The van der Waals surface area contributed by atoms with E-state index in [9.17, 15) is 0 Å². The number of nitrogens with zero attached hydrogens (tertiary/aromatic N) is 1. The van der Waals surface area contributed by atoms with Gasteiger partial charge in [-0.1, -0.05) is 22.9 Å². The lowest BCUT2D eigenvalue weighted by atomic mass is 10.1. The minimum absolute atomic E-state index is 0.662. The van der Waals surface area contributed by atoms with Crippen LogP contribution in [0.2, 0.25) is 0 Å². The molecule has 0 spiro atoms. The Morgan fingerprint density at radius 2 is 2.14 bits per heavy atom. The quantitative estimate of drug-likeness (QED) is 0.813. The van der Waals surface area contributed by atoms with Crippen LogP contribution in [0.25, 0.3) is 0 Å². The third-order valence-electron chi connectivity index (χ3n) is 4.12. The summed E-state index contributed by atoms with van der Waals surface area (Å²) in [5.74, 6) is 1.58. The minimum Gasteiger partial charge on any atom is -0.493 e. The van der Waals surface area contributed by atoms with Gasteiger partial charge in [0.15, 0.2) is 11.5 Å². The summed E-state index contributed by atoms with van der Waals surface area (Å²) in [6, 6.07) is 4.67. The van der Waals surface area contributed by atoms with Gasteiger partial charge in [-0.15, -0.1) is 0 Å². The molecule has 5 heteroatoms. The highest BCUT2D eigenvalue weighted by Gasteiger charge is 2.22. The number of hydrogen-bond donors (Lipinski definition) is 1. The van der Waals surface area contributed by atoms with Crippen LogP contribution in [-0.4, -0.2) is 44.8 Å². The molecule has 1 N–H and O–H groups in total. The van der Waals surface area contributed by atoms with Gasteiger partial charge in [-0.25, -0.2) is 0 Å². The van der Waals surface area contributed by atoms with Crippen molar-refractivity contribution in [2.45, 2.75) is 32.4 Å². The zero-order chi connectivity index (χ0) is 15.2. The lowest BCUT2D eigenvalue weighted by Crippen LogP contribution is -2.37. The Bertz CT molecular complexity index is 468. The predicted molar refractivity (Wildman–Crippen MR) is 89.2 cm³/mol. The number of hydrogen-bond acceptors (Lipinski definition) is 4. The van der Waals surface area contributed by atoms with Crippen molar-refractivity contribution in [1.82, 2.24) is 10.2 Å². The Labute approximate surface area is 135 Å². The molecule has 1 fully saturated rings. The molecular formula is C16H25BrN2O2. The fraction of sp³-hybridized carbons (Fsp3) is 0.625. The van der Waals surface area contributed by atoms with Gasteiger partial charge in [-0.3, -0.25) is 4.90 Å². The van der Waals surface area contributed by atoms with E-state index in [1.165, 1.54) is 19.4 Å². The standard InChI is InChI=1S/C16H25BrN2O2/c1-4-19-7-5-6-14(19)11-18-10-12-8-13(17)9-15(20-2)16(12)21-3/h8-9,14,18H,4-7,10-11H2,1-3H3. The van der Waals surface area contributed by atoms with E-state index in [1.54, 1.807) is 14.2 Å². The molecule has 0 aromatic heterocycles. The average molecular weight is 357 g/mol. The number of rotatable bonds is 7. The monoisotopic (exact) mass is 356 g/mol. The fourth-order valence-corrected chi connectivity index (χ4v) is 3.54. The number of halogens is 1. The van der Waals surface area contributed by atoms with Gasteiger partial charge in [0, 0.05) is 29.2 Å². The van der Waals surface area contributed by atoms with Gasteiger partial charge in [0.2, 0.25) is 0 Å². The average Bonchev–Trinajstić information content (AvgIpc) is 2.94. The first-order valence-electron chi connectivity index (χ1n) is 7.54. The van der Waals surface area contributed by atoms with Gasteiger partial charge in [-0.05, 0) is 38.1 Å². The van der Waals surface area contributed by atoms with Gasteiger partial charge in [0.05, 0.1) is 14.2 Å². The molecule has 0 saturated carbocycles. The number of nitrogens with one attached hydrogen (secondary N) is 1. The second-order valence-corrected chi connectivity index (χ2v) is 6.27. The second-order valence-electron chi connectivity index (χ2n) is 5.36. The maximum Gasteiger partial charge on any atom is 0.165 e. The maximum atomic E-state index is 5.49. The highest BCUT2D eigenvalue weighted by Crippen LogP contribution is 2.34. The summed E-state index contributed by atoms with van der Waals surface area (Å²) in [5, 5.41) is 3.56. The van der Waals surface area contributed by atoms with E-state index in [-0.39, 0.29) is 0 Å². The van der Waals surface area contributed by atoms with Gasteiger partial charge in [0.1, 0.15) is 0 Å². The van der Waals surface area contributed by atoms with E-state index in [4.69, 9.17) is 9.47 Å². The van der Waals surface area contributed by atoms with E-state index >= 15 is 0 Å². The Morgan fingerprint density at radius 3 is 2.81 bits per heavy atom. The first-order valence-corrected chi connectivity index (χ1v) is 8.34. The molecule has 4 nitrogen and oxygen atoms in total. The largest absolute Gasteiger partial charge is 0.493 e. The first-order chi connectivity index (χ1) is 10.2. The number of likely N-dealkylation sites (N-methyl/N-ethyl adjacent to an activating group) is 1. The van der Waals surface area contributed by atoms with Crippen molar-refractivity contribution < 1.29 is 9.47 Å². The molecule has 1 unspecified atom stereocenters. The Morgan fingerprint density at radius 1 is 1.33 bits per heavy atom. The molecule has 1 aromatic rings. The zero-order valence-corrected chi connectivity index (χ0v) is 14.7. The molecule has 0 radical (unpaired) electrons. The van der Waals surface area contributed by atoms with Gasteiger partial charge >= 0.3 is 0 Å².